The van der Waals surface area contributed by atoms with E-state index >= 15 is 0 Å². The molecule has 2 aromatic carbocycles. The summed E-state index contributed by atoms with van der Waals surface area (Å²) in [7, 11) is -2.08. The molecule has 0 saturated heterocycles. The van der Waals surface area contributed by atoms with Gasteiger partial charge in [0.15, 0.2) is 0 Å². The number of benzene rings is 2. The number of aryl methyl sites for hydroxylation is 2. The summed E-state index contributed by atoms with van der Waals surface area (Å²) in [6, 6.07) is 12.6. The zero-order chi connectivity index (χ0) is 19.3. The second-order valence-corrected chi connectivity index (χ2v) is 7.98. The number of sulfonamides is 1. The molecule has 6 nitrogen and oxygen atoms in total. The minimum Gasteiger partial charge on any atom is -0.495 e. The van der Waals surface area contributed by atoms with Gasteiger partial charge in [-0.15, -0.1) is 0 Å². The molecular formula is C19H24N2O4S. The van der Waals surface area contributed by atoms with Crippen molar-refractivity contribution in [2.24, 2.45) is 0 Å². The first-order valence-electron chi connectivity index (χ1n) is 8.21. The van der Waals surface area contributed by atoms with Crippen molar-refractivity contribution >= 4 is 27.3 Å². The quantitative estimate of drug-likeness (QED) is 0.806. The highest BCUT2D eigenvalue weighted by Gasteiger charge is 2.22. The number of hydrogen-bond donors (Lipinski definition) is 1. The average molecular weight is 376 g/mol. The molecule has 0 aliphatic heterocycles. The van der Waals surface area contributed by atoms with Gasteiger partial charge in [-0.2, -0.15) is 0 Å². The first-order chi connectivity index (χ1) is 12.2. The number of carbonyl (C=O) groups excluding carboxylic acids is 1. The van der Waals surface area contributed by atoms with Crippen molar-refractivity contribution in [2.45, 2.75) is 20.3 Å². The van der Waals surface area contributed by atoms with Crippen LogP contribution in [0.2, 0.25) is 0 Å². The molecular weight excluding hydrogens is 352 g/mol. The Morgan fingerprint density at radius 1 is 1.08 bits per heavy atom. The smallest absolute Gasteiger partial charge is 0.232 e. The van der Waals surface area contributed by atoms with Crippen LogP contribution in [-0.2, 0) is 14.8 Å². The second kappa shape index (κ2) is 8.23. The molecule has 140 valence electrons. The van der Waals surface area contributed by atoms with Gasteiger partial charge in [-0.1, -0.05) is 30.3 Å². The highest BCUT2D eigenvalue weighted by molar-refractivity contribution is 7.92. The van der Waals surface area contributed by atoms with E-state index < -0.39 is 10.0 Å². The normalized spacial score (nSPS) is 11.1. The molecule has 0 bridgehead atoms. The van der Waals surface area contributed by atoms with Crippen LogP contribution in [-0.4, -0.2) is 34.2 Å². The third kappa shape index (κ3) is 4.76. The Labute approximate surface area is 154 Å². The maximum Gasteiger partial charge on any atom is 0.232 e. The van der Waals surface area contributed by atoms with Crippen molar-refractivity contribution in [2.75, 3.05) is 29.5 Å². The average Bonchev–Trinajstić information content (AvgIpc) is 2.57. The predicted octanol–water partition coefficient (Wildman–Crippen LogP) is 3.11. The second-order valence-electron chi connectivity index (χ2n) is 6.07. The standard InChI is InChI=1S/C19H24N2O4S/c1-14-8-7-9-15(2)19(14)20-18(22)12-13-21(26(4,23)24)16-10-5-6-11-17(16)25-3/h5-11H,12-13H2,1-4H3,(H,20,22). The van der Waals surface area contributed by atoms with Gasteiger partial charge in [0.1, 0.15) is 5.75 Å². The topological polar surface area (TPSA) is 75.7 Å². The summed E-state index contributed by atoms with van der Waals surface area (Å²) in [5, 5.41) is 2.87. The number of ether oxygens (including phenoxy) is 1. The molecule has 0 radical (unpaired) electrons. The molecule has 7 heteroatoms. The molecule has 0 spiro atoms. The molecule has 0 heterocycles. The number of rotatable bonds is 7. The van der Waals surface area contributed by atoms with Crippen LogP contribution in [0.5, 0.6) is 5.75 Å². The van der Waals surface area contributed by atoms with E-state index in [1.807, 2.05) is 32.0 Å². The molecule has 26 heavy (non-hydrogen) atoms. The van der Waals surface area contributed by atoms with Crippen LogP contribution in [0.15, 0.2) is 42.5 Å². The Morgan fingerprint density at radius 3 is 2.27 bits per heavy atom. The minimum atomic E-state index is -3.56. The Hall–Kier alpha value is -2.54. The van der Waals surface area contributed by atoms with Gasteiger partial charge in [0.2, 0.25) is 15.9 Å². The van der Waals surface area contributed by atoms with Gasteiger partial charge in [-0.25, -0.2) is 8.42 Å². The van der Waals surface area contributed by atoms with Crippen molar-refractivity contribution in [3.05, 3.63) is 53.6 Å². The molecule has 0 aliphatic carbocycles. The summed E-state index contributed by atoms with van der Waals surface area (Å²) >= 11 is 0. The van der Waals surface area contributed by atoms with E-state index in [2.05, 4.69) is 5.32 Å². The largest absolute Gasteiger partial charge is 0.495 e. The van der Waals surface area contributed by atoms with Gasteiger partial charge in [0.25, 0.3) is 0 Å². The Balaban J connectivity index is 2.17. The van der Waals surface area contributed by atoms with Gasteiger partial charge >= 0.3 is 0 Å². The fourth-order valence-corrected chi connectivity index (χ4v) is 3.65. The zero-order valence-electron chi connectivity index (χ0n) is 15.4. The van der Waals surface area contributed by atoms with Crippen molar-refractivity contribution in [1.29, 1.82) is 0 Å². The summed E-state index contributed by atoms with van der Waals surface area (Å²) in [6.45, 7) is 3.86. The van der Waals surface area contributed by atoms with Crippen molar-refractivity contribution in [1.82, 2.24) is 0 Å². The molecule has 0 unspecified atom stereocenters. The molecule has 0 aromatic heterocycles. The molecule has 2 aromatic rings. The van der Waals surface area contributed by atoms with Crippen LogP contribution < -0.4 is 14.4 Å². The molecule has 0 aliphatic rings. The van der Waals surface area contributed by atoms with E-state index in [1.54, 1.807) is 24.3 Å². The SMILES string of the molecule is COc1ccccc1N(CCC(=O)Nc1c(C)cccc1C)S(C)(=O)=O. The lowest BCUT2D eigenvalue weighted by molar-refractivity contribution is -0.116. The zero-order valence-corrected chi connectivity index (χ0v) is 16.3. The molecule has 0 fully saturated rings. The van der Waals surface area contributed by atoms with Crippen LogP contribution in [0.3, 0.4) is 0 Å². The third-order valence-corrected chi connectivity index (χ3v) is 5.22. The number of para-hydroxylation sites is 3. The first-order valence-corrected chi connectivity index (χ1v) is 10.1. The predicted molar refractivity (Wildman–Crippen MR) is 104 cm³/mol. The van der Waals surface area contributed by atoms with E-state index in [0.717, 1.165) is 23.1 Å². The summed E-state index contributed by atoms with van der Waals surface area (Å²) in [5.74, 6) is 0.194. The van der Waals surface area contributed by atoms with Gasteiger partial charge < -0.3 is 10.1 Å². The van der Waals surface area contributed by atoms with E-state index in [4.69, 9.17) is 4.74 Å². The molecule has 1 N–H and O–H groups in total. The maximum absolute atomic E-state index is 12.4. The summed E-state index contributed by atoms with van der Waals surface area (Å²) < 4.78 is 30.9. The number of anilines is 2. The Kier molecular flexibility index (Phi) is 6.26. The van der Waals surface area contributed by atoms with Gasteiger partial charge in [-0.3, -0.25) is 9.10 Å². The van der Waals surface area contributed by atoms with Crippen LogP contribution in [0, 0.1) is 13.8 Å². The monoisotopic (exact) mass is 376 g/mol. The summed E-state index contributed by atoms with van der Waals surface area (Å²) in [5.41, 5.74) is 3.10. The summed E-state index contributed by atoms with van der Waals surface area (Å²) in [4.78, 5) is 12.4. The number of nitrogens with zero attached hydrogens (tertiary/aromatic N) is 1. The lowest BCUT2D eigenvalue weighted by Crippen LogP contribution is -2.33. The fourth-order valence-electron chi connectivity index (χ4n) is 2.72. The van der Waals surface area contributed by atoms with Crippen LogP contribution in [0.4, 0.5) is 11.4 Å². The first kappa shape index (κ1) is 19.8. The summed E-state index contributed by atoms with van der Waals surface area (Å²) in [6.07, 6.45) is 1.14. The third-order valence-electron chi connectivity index (χ3n) is 4.04. The number of amides is 1. The number of methoxy groups -OCH3 is 1. The highest BCUT2D eigenvalue weighted by atomic mass is 32.2. The molecule has 2 rings (SSSR count). The van der Waals surface area contributed by atoms with Crippen LogP contribution in [0.1, 0.15) is 17.5 Å². The van der Waals surface area contributed by atoms with Crippen LogP contribution >= 0.6 is 0 Å². The van der Waals surface area contributed by atoms with Gasteiger partial charge in [-0.05, 0) is 37.1 Å². The van der Waals surface area contributed by atoms with E-state index in [-0.39, 0.29) is 18.9 Å². The van der Waals surface area contributed by atoms with Crippen molar-refractivity contribution in [3.63, 3.8) is 0 Å². The van der Waals surface area contributed by atoms with Crippen LogP contribution in [0.25, 0.3) is 0 Å². The van der Waals surface area contributed by atoms with Gasteiger partial charge in [0.05, 0.1) is 19.1 Å². The Morgan fingerprint density at radius 2 is 1.69 bits per heavy atom. The molecule has 1 amide bonds. The van der Waals surface area contributed by atoms with E-state index in [0.29, 0.717) is 11.4 Å². The number of nitrogens with one attached hydrogen (secondary N) is 1. The van der Waals surface area contributed by atoms with Gasteiger partial charge in [0, 0.05) is 18.7 Å². The minimum absolute atomic E-state index is 0.0238. The maximum atomic E-state index is 12.4. The molecule has 0 saturated carbocycles. The lowest BCUT2D eigenvalue weighted by Gasteiger charge is -2.24. The fraction of sp³-hybridized carbons (Fsp3) is 0.316. The lowest BCUT2D eigenvalue weighted by atomic mass is 10.1. The Bertz CT molecular complexity index is 874. The van der Waals surface area contributed by atoms with E-state index in [1.165, 1.54) is 11.4 Å². The van der Waals surface area contributed by atoms with Crippen molar-refractivity contribution in [3.8, 4) is 5.75 Å². The molecule has 0 atom stereocenters. The number of hydrogen-bond acceptors (Lipinski definition) is 4. The number of carbonyl (C=O) groups is 1. The van der Waals surface area contributed by atoms with Crippen molar-refractivity contribution < 1.29 is 17.9 Å². The highest BCUT2D eigenvalue weighted by Crippen LogP contribution is 2.29. The van der Waals surface area contributed by atoms with E-state index in [9.17, 15) is 13.2 Å².